The van der Waals surface area contributed by atoms with Crippen molar-refractivity contribution in [1.29, 1.82) is 0 Å². The molecule has 0 saturated carbocycles. The number of carbonyl (C=O) groups is 5. The van der Waals surface area contributed by atoms with Crippen LogP contribution in [0.1, 0.15) is 93.6 Å². The Bertz CT molecular complexity index is 2960. The van der Waals surface area contributed by atoms with Gasteiger partial charge in [0, 0.05) is 57.8 Å². The number of allylic oxidation sites excluding steroid dienone is 2. The van der Waals surface area contributed by atoms with Gasteiger partial charge in [-0.1, -0.05) is 11.1 Å². The zero-order valence-electron chi connectivity index (χ0n) is 36.5. The van der Waals surface area contributed by atoms with E-state index in [1.54, 1.807) is 75.9 Å². The first-order chi connectivity index (χ1) is 29.5. The molecule has 4 aromatic heterocycles. The van der Waals surface area contributed by atoms with Crippen LogP contribution in [-0.4, -0.2) is 81.1 Å². The Morgan fingerprint density at radius 2 is 1.21 bits per heavy atom. The summed E-state index contributed by atoms with van der Waals surface area (Å²) in [6.07, 6.45) is 0.442. The van der Waals surface area contributed by atoms with Gasteiger partial charge >= 0.3 is 5.97 Å². The molecule has 0 atom stereocenters. The quantitative estimate of drug-likeness (QED) is 0.0874. The van der Waals surface area contributed by atoms with Crippen molar-refractivity contribution in [1.82, 2.24) is 37.8 Å². The summed E-state index contributed by atoms with van der Waals surface area (Å²) >= 11 is 0. The molecule has 0 fully saturated rings. The predicted molar refractivity (Wildman–Crippen MR) is 229 cm³/mol. The minimum Gasteiger partial charge on any atom is -0.491 e. The summed E-state index contributed by atoms with van der Waals surface area (Å²) < 4.78 is 21.4. The highest BCUT2D eigenvalue weighted by Gasteiger charge is 2.22. The zero-order valence-corrected chi connectivity index (χ0v) is 36.5. The lowest BCUT2D eigenvalue weighted by atomic mass is 10.1. The summed E-state index contributed by atoms with van der Waals surface area (Å²) in [5, 5.41) is 8.86. The SMILES string of the molecule is CCn1nc(C)cc1C(=O)/N=c1\n(C)c2cc(C(N)=O)ccc2n1C/C(C)=C(\C)Cn1/c(=N/C(=O)c2cc(C)nn2CC)n(C)c2cc(C(N)=O)cc(OCCCC(=O)OC)c21. The average Bonchev–Trinajstić information content (AvgIpc) is 3.97. The number of hydrogen-bond acceptors (Lipinski definition) is 9. The zero-order chi connectivity index (χ0) is 45.2. The number of fused-ring (bicyclic) bond motifs is 2. The molecule has 6 rings (SSSR count). The summed E-state index contributed by atoms with van der Waals surface area (Å²) in [7, 11) is 4.81. The van der Waals surface area contributed by atoms with Crippen LogP contribution < -0.4 is 27.4 Å². The van der Waals surface area contributed by atoms with Gasteiger partial charge in [0.05, 0.1) is 41.7 Å². The van der Waals surface area contributed by atoms with E-state index in [1.807, 2.05) is 43.8 Å². The second-order valence-corrected chi connectivity index (χ2v) is 15.1. The maximum absolute atomic E-state index is 14.0. The number of nitrogens with two attached hydrogens (primary N) is 2. The lowest BCUT2D eigenvalue weighted by molar-refractivity contribution is -0.140. The maximum Gasteiger partial charge on any atom is 0.305 e. The van der Waals surface area contributed by atoms with E-state index in [4.69, 9.17) is 20.9 Å². The van der Waals surface area contributed by atoms with Crippen LogP contribution in [0.2, 0.25) is 0 Å². The monoisotopic (exact) mass is 848 g/mol. The van der Waals surface area contributed by atoms with E-state index in [0.29, 0.717) is 81.3 Å². The van der Waals surface area contributed by atoms with Gasteiger partial charge < -0.3 is 39.2 Å². The number of aromatic nitrogens is 8. The molecule has 0 spiro atoms. The Balaban J connectivity index is 1.54. The predicted octanol–water partition coefficient (Wildman–Crippen LogP) is 3.37. The fourth-order valence-corrected chi connectivity index (χ4v) is 7.37. The molecule has 19 heteroatoms. The Hall–Kier alpha value is -7.31. The minimum absolute atomic E-state index is 0.105. The first kappa shape index (κ1) is 44.2. The molecular formula is C43H52N12O7. The van der Waals surface area contributed by atoms with Crippen molar-refractivity contribution in [3.63, 3.8) is 0 Å². The third-order valence-electron chi connectivity index (χ3n) is 10.7. The van der Waals surface area contributed by atoms with Gasteiger partial charge in [-0.25, -0.2) is 0 Å². The van der Waals surface area contributed by atoms with E-state index in [0.717, 1.165) is 11.1 Å². The highest BCUT2D eigenvalue weighted by Crippen LogP contribution is 2.29. The van der Waals surface area contributed by atoms with Crippen LogP contribution in [-0.2, 0) is 49.8 Å². The molecule has 4 N–H and O–H groups in total. The number of esters is 1. The Morgan fingerprint density at radius 3 is 1.74 bits per heavy atom. The van der Waals surface area contributed by atoms with Crippen molar-refractivity contribution in [2.75, 3.05) is 13.7 Å². The minimum atomic E-state index is -0.688. The lowest BCUT2D eigenvalue weighted by Crippen LogP contribution is -2.28. The van der Waals surface area contributed by atoms with Crippen LogP contribution >= 0.6 is 0 Å². The summed E-state index contributed by atoms with van der Waals surface area (Å²) in [5.74, 6) is -2.40. The van der Waals surface area contributed by atoms with Crippen LogP contribution in [0.3, 0.4) is 0 Å². The van der Waals surface area contributed by atoms with E-state index < -0.39 is 29.6 Å². The molecule has 19 nitrogen and oxygen atoms in total. The van der Waals surface area contributed by atoms with Crippen molar-refractivity contribution in [2.24, 2.45) is 35.5 Å². The Labute approximate surface area is 356 Å². The van der Waals surface area contributed by atoms with E-state index in [9.17, 15) is 24.0 Å². The molecule has 62 heavy (non-hydrogen) atoms. The van der Waals surface area contributed by atoms with Crippen LogP contribution in [0.4, 0.5) is 0 Å². The van der Waals surface area contributed by atoms with Crippen molar-refractivity contribution in [2.45, 2.75) is 80.6 Å². The number of ether oxygens (including phenoxy) is 2. The number of imidazole rings is 2. The molecule has 4 heterocycles. The molecule has 0 aliphatic heterocycles. The average molecular weight is 849 g/mol. The molecular weight excluding hydrogens is 797 g/mol. The number of nitrogens with zero attached hydrogens (tertiary/aromatic N) is 10. The number of amides is 4. The van der Waals surface area contributed by atoms with Crippen LogP contribution in [0.25, 0.3) is 22.1 Å². The van der Waals surface area contributed by atoms with Crippen molar-refractivity contribution < 1.29 is 33.4 Å². The number of carbonyl (C=O) groups excluding carboxylic acids is 5. The third-order valence-corrected chi connectivity index (χ3v) is 10.7. The smallest absolute Gasteiger partial charge is 0.305 e. The van der Waals surface area contributed by atoms with Crippen molar-refractivity contribution >= 4 is 51.7 Å². The number of hydrogen-bond donors (Lipinski definition) is 2. The normalized spacial score (nSPS) is 12.7. The van der Waals surface area contributed by atoms with Gasteiger partial charge in [-0.05, 0) is 90.4 Å². The number of rotatable bonds is 15. The molecule has 0 aliphatic rings. The van der Waals surface area contributed by atoms with E-state index in [-0.39, 0.29) is 37.3 Å². The fourth-order valence-electron chi connectivity index (χ4n) is 7.37. The molecule has 326 valence electrons. The summed E-state index contributed by atoms with van der Waals surface area (Å²) in [6, 6.07) is 11.6. The summed E-state index contributed by atoms with van der Waals surface area (Å²) in [5.41, 5.74) is 18.6. The van der Waals surface area contributed by atoms with Gasteiger partial charge in [-0.3, -0.25) is 33.3 Å². The molecule has 6 aromatic rings. The van der Waals surface area contributed by atoms with Gasteiger partial charge in [0.15, 0.2) is 0 Å². The van der Waals surface area contributed by atoms with E-state index >= 15 is 0 Å². The molecule has 0 radical (unpaired) electrons. The number of benzene rings is 2. The second-order valence-electron chi connectivity index (χ2n) is 15.1. The first-order valence-corrected chi connectivity index (χ1v) is 20.1. The summed E-state index contributed by atoms with van der Waals surface area (Å²) in [6.45, 7) is 12.7. The first-order valence-electron chi connectivity index (χ1n) is 20.1. The van der Waals surface area contributed by atoms with E-state index in [1.165, 1.54) is 13.2 Å². The highest BCUT2D eigenvalue weighted by molar-refractivity contribution is 5.99. The fraction of sp³-hybridized carbons (Fsp3) is 0.372. The standard InChI is InChI=1S/C43H52N12O7/c1-10-54-33(17-26(5)48-54)40(59)46-42-50(7)31-19-28(38(44)57)14-15-30(31)52(42)22-24(3)25(4)23-53-37-32(20-29(39(45)58)21-35(37)62-16-12-13-36(56)61-9)51(8)43(53)47-41(60)34-18-27(6)49-55(34)11-2/h14-15,17-21H,10-13,16,22-23H2,1-9H3,(H2,44,57)(H2,45,58)/b25-24+,46-42+,47-43+. The van der Waals surface area contributed by atoms with Crippen LogP contribution in [0.5, 0.6) is 5.75 Å². The van der Waals surface area contributed by atoms with Gasteiger partial charge in [0.2, 0.25) is 23.1 Å². The van der Waals surface area contributed by atoms with Gasteiger partial charge in [-0.15, -0.1) is 0 Å². The Kier molecular flexibility index (Phi) is 12.9. The molecule has 0 saturated heterocycles. The Morgan fingerprint density at radius 1 is 0.694 bits per heavy atom. The number of aryl methyl sites for hydroxylation is 6. The molecule has 0 bridgehead atoms. The lowest BCUT2D eigenvalue weighted by Gasteiger charge is -2.14. The maximum atomic E-state index is 14.0. The van der Waals surface area contributed by atoms with E-state index in [2.05, 4.69) is 20.2 Å². The van der Waals surface area contributed by atoms with Crippen LogP contribution in [0.15, 0.2) is 63.6 Å². The van der Waals surface area contributed by atoms with Crippen molar-refractivity contribution in [3.8, 4) is 5.75 Å². The second kappa shape index (κ2) is 18.1. The summed E-state index contributed by atoms with van der Waals surface area (Å²) in [4.78, 5) is 73.8. The van der Waals surface area contributed by atoms with Crippen LogP contribution in [0, 0.1) is 13.8 Å². The molecule has 2 aromatic carbocycles. The topological polar surface area (TPSA) is 236 Å². The molecule has 4 amide bonds. The highest BCUT2D eigenvalue weighted by atomic mass is 16.5. The third kappa shape index (κ3) is 8.77. The largest absolute Gasteiger partial charge is 0.491 e. The molecule has 0 unspecified atom stereocenters. The number of primary amides is 2. The van der Waals surface area contributed by atoms with Gasteiger partial charge in [0.1, 0.15) is 22.7 Å². The number of methoxy groups -OCH3 is 1. The van der Waals surface area contributed by atoms with Gasteiger partial charge in [0.25, 0.3) is 11.8 Å². The molecule has 0 aliphatic carbocycles. The van der Waals surface area contributed by atoms with Crippen molar-refractivity contribution in [3.05, 3.63) is 98.7 Å². The van der Waals surface area contributed by atoms with Gasteiger partial charge in [-0.2, -0.15) is 20.2 Å².